The molecule has 1 N–H and O–H groups in total. The normalized spacial score (nSPS) is 24.6. The minimum absolute atomic E-state index is 0.0863. The fourth-order valence-electron chi connectivity index (χ4n) is 2.44. The average molecular weight is 266 g/mol. The summed E-state index contributed by atoms with van der Waals surface area (Å²) >= 11 is 3.40. The van der Waals surface area contributed by atoms with Gasteiger partial charge in [-0.25, -0.2) is 0 Å². The number of amides is 1. The standard InChI is InChI=1S/C12H12BrNO/c13-8-4-5-9-10(6-8)12(15)14-11(9)7-2-1-3-7/h4-7,11H,1-3H2,(H,14,15). The predicted molar refractivity (Wildman–Crippen MR) is 61.7 cm³/mol. The van der Waals surface area contributed by atoms with Crippen LogP contribution in [0.4, 0.5) is 0 Å². The second-order valence-corrected chi connectivity index (χ2v) is 5.29. The van der Waals surface area contributed by atoms with E-state index in [0.29, 0.717) is 5.92 Å². The first-order valence-electron chi connectivity index (χ1n) is 5.36. The van der Waals surface area contributed by atoms with Gasteiger partial charge in [0.25, 0.3) is 5.91 Å². The van der Waals surface area contributed by atoms with E-state index in [1.54, 1.807) is 0 Å². The number of fused-ring (bicyclic) bond motifs is 1. The highest BCUT2D eigenvalue weighted by Gasteiger charge is 2.36. The summed E-state index contributed by atoms with van der Waals surface area (Å²) in [4.78, 5) is 11.7. The SMILES string of the molecule is O=C1NC(C2CCC2)c2ccc(Br)cc21. The Labute approximate surface area is 97.2 Å². The summed E-state index contributed by atoms with van der Waals surface area (Å²) in [6, 6.07) is 6.28. The van der Waals surface area contributed by atoms with Crippen LogP contribution in [-0.4, -0.2) is 5.91 Å². The maximum atomic E-state index is 11.7. The van der Waals surface area contributed by atoms with Crippen molar-refractivity contribution in [2.45, 2.75) is 25.3 Å². The summed E-state index contributed by atoms with van der Waals surface area (Å²) in [5.41, 5.74) is 2.04. The van der Waals surface area contributed by atoms with Gasteiger partial charge in [-0.05, 0) is 36.5 Å². The van der Waals surface area contributed by atoms with Gasteiger partial charge in [-0.2, -0.15) is 0 Å². The van der Waals surface area contributed by atoms with Gasteiger partial charge in [0.1, 0.15) is 0 Å². The zero-order chi connectivity index (χ0) is 10.4. The van der Waals surface area contributed by atoms with Gasteiger partial charge in [0.15, 0.2) is 0 Å². The summed E-state index contributed by atoms with van der Waals surface area (Å²) in [7, 11) is 0. The molecule has 78 valence electrons. The molecule has 0 spiro atoms. The molecule has 1 amide bonds. The molecule has 1 atom stereocenters. The van der Waals surface area contributed by atoms with E-state index >= 15 is 0 Å². The van der Waals surface area contributed by atoms with E-state index in [0.717, 1.165) is 10.0 Å². The second kappa shape index (κ2) is 3.34. The van der Waals surface area contributed by atoms with E-state index in [1.807, 2.05) is 12.1 Å². The molecule has 1 aromatic rings. The lowest BCUT2D eigenvalue weighted by molar-refractivity contribution is 0.0932. The van der Waals surface area contributed by atoms with E-state index in [-0.39, 0.29) is 11.9 Å². The highest BCUT2D eigenvalue weighted by molar-refractivity contribution is 9.10. The first kappa shape index (κ1) is 9.40. The highest BCUT2D eigenvalue weighted by Crippen LogP contribution is 2.41. The van der Waals surface area contributed by atoms with E-state index < -0.39 is 0 Å². The van der Waals surface area contributed by atoms with E-state index in [2.05, 4.69) is 27.3 Å². The number of carbonyl (C=O) groups is 1. The molecule has 0 radical (unpaired) electrons. The Bertz CT molecular complexity index is 426. The van der Waals surface area contributed by atoms with Crippen LogP contribution in [0.5, 0.6) is 0 Å². The van der Waals surface area contributed by atoms with Gasteiger partial charge >= 0.3 is 0 Å². The number of benzene rings is 1. The molecule has 15 heavy (non-hydrogen) atoms. The summed E-state index contributed by atoms with van der Waals surface area (Å²) < 4.78 is 0.977. The molecule has 1 fully saturated rings. The first-order valence-corrected chi connectivity index (χ1v) is 6.15. The second-order valence-electron chi connectivity index (χ2n) is 4.37. The zero-order valence-electron chi connectivity index (χ0n) is 8.29. The number of carbonyl (C=O) groups excluding carboxylic acids is 1. The van der Waals surface area contributed by atoms with Crippen molar-refractivity contribution in [2.24, 2.45) is 5.92 Å². The third-order valence-electron chi connectivity index (χ3n) is 3.50. The van der Waals surface area contributed by atoms with Crippen molar-refractivity contribution in [1.29, 1.82) is 0 Å². The number of nitrogens with one attached hydrogen (secondary N) is 1. The van der Waals surface area contributed by atoms with E-state index in [9.17, 15) is 4.79 Å². The number of hydrogen-bond donors (Lipinski definition) is 1. The largest absolute Gasteiger partial charge is 0.345 e. The fraction of sp³-hybridized carbons (Fsp3) is 0.417. The Morgan fingerprint density at radius 1 is 1.33 bits per heavy atom. The van der Waals surface area contributed by atoms with Crippen LogP contribution in [-0.2, 0) is 0 Å². The molecule has 3 heteroatoms. The van der Waals surface area contributed by atoms with Gasteiger partial charge in [0, 0.05) is 10.0 Å². The minimum Gasteiger partial charge on any atom is -0.345 e. The lowest BCUT2D eigenvalue weighted by Gasteiger charge is -2.31. The van der Waals surface area contributed by atoms with Crippen LogP contribution in [0.1, 0.15) is 41.2 Å². The molecule has 0 bridgehead atoms. The molecule has 1 unspecified atom stereocenters. The summed E-state index contributed by atoms with van der Waals surface area (Å²) in [6.45, 7) is 0. The molecule has 1 aliphatic heterocycles. The molecule has 0 saturated heterocycles. The Kier molecular flexibility index (Phi) is 2.09. The topological polar surface area (TPSA) is 29.1 Å². The van der Waals surface area contributed by atoms with Crippen LogP contribution in [0, 0.1) is 5.92 Å². The molecule has 1 saturated carbocycles. The zero-order valence-corrected chi connectivity index (χ0v) is 9.88. The van der Waals surface area contributed by atoms with Gasteiger partial charge in [0.05, 0.1) is 6.04 Å². The van der Waals surface area contributed by atoms with Gasteiger partial charge in [0.2, 0.25) is 0 Å². The van der Waals surface area contributed by atoms with Crippen LogP contribution in [0.3, 0.4) is 0 Å². The smallest absolute Gasteiger partial charge is 0.252 e. The fourth-order valence-corrected chi connectivity index (χ4v) is 2.80. The Balaban J connectivity index is 2.01. The van der Waals surface area contributed by atoms with Crippen LogP contribution >= 0.6 is 15.9 Å². The molecule has 2 nitrogen and oxygen atoms in total. The first-order chi connectivity index (χ1) is 7.25. The van der Waals surface area contributed by atoms with Crippen molar-refractivity contribution < 1.29 is 4.79 Å². The number of hydrogen-bond acceptors (Lipinski definition) is 1. The van der Waals surface area contributed by atoms with Gasteiger partial charge in [-0.1, -0.05) is 28.4 Å². The third-order valence-corrected chi connectivity index (χ3v) is 4.00. The van der Waals surface area contributed by atoms with Crippen molar-refractivity contribution in [2.75, 3.05) is 0 Å². The maximum Gasteiger partial charge on any atom is 0.252 e. The molecular weight excluding hydrogens is 254 g/mol. The molecule has 0 aromatic heterocycles. The van der Waals surface area contributed by atoms with Crippen molar-refractivity contribution >= 4 is 21.8 Å². The van der Waals surface area contributed by atoms with E-state index in [4.69, 9.17) is 0 Å². The van der Waals surface area contributed by atoms with Crippen LogP contribution in [0.25, 0.3) is 0 Å². The molecule has 2 aliphatic rings. The van der Waals surface area contributed by atoms with Gasteiger partial charge in [-0.3, -0.25) is 4.79 Å². The molecule has 1 heterocycles. The number of halogens is 1. The van der Waals surface area contributed by atoms with E-state index in [1.165, 1.54) is 24.8 Å². The van der Waals surface area contributed by atoms with Crippen LogP contribution < -0.4 is 5.32 Å². The van der Waals surface area contributed by atoms with Crippen molar-refractivity contribution in [3.8, 4) is 0 Å². The molecule has 1 aliphatic carbocycles. The number of rotatable bonds is 1. The van der Waals surface area contributed by atoms with Gasteiger partial charge in [-0.15, -0.1) is 0 Å². The average Bonchev–Trinajstić information content (AvgIpc) is 2.41. The van der Waals surface area contributed by atoms with Crippen LogP contribution in [0.15, 0.2) is 22.7 Å². The molecule has 1 aromatic carbocycles. The summed E-state index contributed by atoms with van der Waals surface area (Å²) in [5.74, 6) is 0.750. The van der Waals surface area contributed by atoms with Crippen molar-refractivity contribution in [3.05, 3.63) is 33.8 Å². The lowest BCUT2D eigenvalue weighted by Crippen LogP contribution is -2.29. The predicted octanol–water partition coefficient (Wildman–Crippen LogP) is 3.03. The Hall–Kier alpha value is -0.830. The quantitative estimate of drug-likeness (QED) is 0.831. The highest BCUT2D eigenvalue weighted by atomic mass is 79.9. The maximum absolute atomic E-state index is 11.7. The molecule has 3 rings (SSSR count). The summed E-state index contributed by atoms with van der Waals surface area (Å²) in [6.07, 6.45) is 3.81. The van der Waals surface area contributed by atoms with Gasteiger partial charge < -0.3 is 5.32 Å². The van der Waals surface area contributed by atoms with Crippen molar-refractivity contribution in [3.63, 3.8) is 0 Å². The monoisotopic (exact) mass is 265 g/mol. The Morgan fingerprint density at radius 2 is 2.13 bits per heavy atom. The van der Waals surface area contributed by atoms with Crippen LogP contribution in [0.2, 0.25) is 0 Å². The molecular formula is C12H12BrNO. The Morgan fingerprint density at radius 3 is 2.80 bits per heavy atom. The lowest BCUT2D eigenvalue weighted by atomic mass is 9.77. The third kappa shape index (κ3) is 1.41. The minimum atomic E-state index is 0.0863. The summed E-state index contributed by atoms with van der Waals surface area (Å²) in [5, 5.41) is 3.09. The van der Waals surface area contributed by atoms with Crippen molar-refractivity contribution in [1.82, 2.24) is 5.32 Å².